The predicted octanol–water partition coefficient (Wildman–Crippen LogP) is 2.75. The van der Waals surface area contributed by atoms with Crippen LogP contribution in [0.2, 0.25) is 0 Å². The maximum atomic E-state index is 3.48. The fourth-order valence-corrected chi connectivity index (χ4v) is 1.99. The lowest BCUT2D eigenvalue weighted by Gasteiger charge is -2.26. The average Bonchev–Trinajstić information content (AvgIpc) is 2.23. The third-order valence-corrected chi connectivity index (χ3v) is 2.59. The van der Waals surface area contributed by atoms with Gasteiger partial charge in [-0.25, -0.2) is 0 Å². The summed E-state index contributed by atoms with van der Waals surface area (Å²) in [7, 11) is 2.19. The molecule has 0 aromatic heterocycles. The first-order chi connectivity index (χ1) is 7.97. The molecular formula is C15H26N2. The second-order valence-corrected chi connectivity index (χ2v) is 5.96. The molecule has 0 aliphatic carbocycles. The van der Waals surface area contributed by atoms with E-state index in [9.17, 15) is 0 Å². The number of nitrogens with one attached hydrogen (secondary N) is 1. The summed E-state index contributed by atoms with van der Waals surface area (Å²) in [6.45, 7) is 11.1. The number of nitrogens with zero attached hydrogens (tertiary/aromatic N) is 1. The van der Waals surface area contributed by atoms with Gasteiger partial charge >= 0.3 is 0 Å². The highest BCUT2D eigenvalue weighted by Crippen LogP contribution is 2.13. The Hall–Kier alpha value is -0.860. The van der Waals surface area contributed by atoms with E-state index in [1.165, 1.54) is 5.56 Å². The Bertz CT molecular complexity index is 300. The molecule has 0 fully saturated rings. The summed E-state index contributed by atoms with van der Waals surface area (Å²) in [5.41, 5.74) is 1.74. The van der Waals surface area contributed by atoms with Crippen molar-refractivity contribution in [2.75, 3.05) is 26.7 Å². The molecule has 2 heteroatoms. The van der Waals surface area contributed by atoms with Gasteiger partial charge in [0.1, 0.15) is 0 Å². The summed E-state index contributed by atoms with van der Waals surface area (Å²) in [5.74, 6) is 0. The van der Waals surface area contributed by atoms with Gasteiger partial charge in [0.2, 0.25) is 0 Å². The van der Waals surface area contributed by atoms with E-state index >= 15 is 0 Å². The Labute approximate surface area is 106 Å². The Balaban J connectivity index is 2.12. The fraction of sp³-hybridized carbons (Fsp3) is 0.600. The standard InChI is InChI=1S/C15H26N2/c1-15(2,3)13-17(4)11-10-16-12-14-8-6-5-7-9-14/h5-9,16H,10-13H2,1-4H3. The minimum atomic E-state index is 0.383. The van der Waals surface area contributed by atoms with Crippen LogP contribution >= 0.6 is 0 Å². The Morgan fingerprint density at radius 3 is 2.35 bits per heavy atom. The lowest BCUT2D eigenvalue weighted by molar-refractivity contribution is 0.227. The van der Waals surface area contributed by atoms with Crippen molar-refractivity contribution in [1.82, 2.24) is 10.2 Å². The summed E-state index contributed by atoms with van der Waals surface area (Å²) >= 11 is 0. The summed E-state index contributed by atoms with van der Waals surface area (Å²) < 4.78 is 0. The van der Waals surface area contributed by atoms with E-state index in [-0.39, 0.29) is 0 Å². The van der Waals surface area contributed by atoms with Gasteiger partial charge in [-0.15, -0.1) is 0 Å². The molecule has 1 N–H and O–H groups in total. The number of hydrogen-bond acceptors (Lipinski definition) is 2. The molecule has 0 aliphatic rings. The smallest absolute Gasteiger partial charge is 0.0206 e. The molecule has 0 aliphatic heterocycles. The van der Waals surface area contributed by atoms with Crippen LogP contribution in [0.4, 0.5) is 0 Å². The van der Waals surface area contributed by atoms with E-state index < -0.39 is 0 Å². The van der Waals surface area contributed by atoms with Crippen molar-refractivity contribution in [1.29, 1.82) is 0 Å². The van der Waals surface area contributed by atoms with Crippen LogP contribution in [-0.2, 0) is 6.54 Å². The SMILES string of the molecule is CN(CCNCc1ccccc1)CC(C)(C)C. The molecule has 1 aromatic rings. The van der Waals surface area contributed by atoms with Crippen LogP contribution in [0.25, 0.3) is 0 Å². The fourth-order valence-electron chi connectivity index (χ4n) is 1.99. The van der Waals surface area contributed by atoms with Gasteiger partial charge in [0.15, 0.2) is 0 Å². The van der Waals surface area contributed by atoms with E-state index in [2.05, 4.69) is 68.4 Å². The van der Waals surface area contributed by atoms with Crippen molar-refractivity contribution in [2.24, 2.45) is 5.41 Å². The average molecular weight is 234 g/mol. The maximum absolute atomic E-state index is 3.48. The second-order valence-electron chi connectivity index (χ2n) is 5.96. The van der Waals surface area contributed by atoms with Crippen LogP contribution in [0, 0.1) is 5.41 Å². The quantitative estimate of drug-likeness (QED) is 0.761. The largest absolute Gasteiger partial charge is 0.311 e. The van der Waals surface area contributed by atoms with Crippen LogP contribution in [0.3, 0.4) is 0 Å². The molecule has 0 radical (unpaired) electrons. The highest BCUT2D eigenvalue weighted by molar-refractivity contribution is 5.14. The highest BCUT2D eigenvalue weighted by atomic mass is 15.1. The number of hydrogen-bond donors (Lipinski definition) is 1. The molecule has 1 rings (SSSR count). The molecule has 0 spiro atoms. The van der Waals surface area contributed by atoms with Gasteiger partial charge in [-0.2, -0.15) is 0 Å². The summed E-state index contributed by atoms with van der Waals surface area (Å²) in [6.07, 6.45) is 0. The Morgan fingerprint density at radius 1 is 1.12 bits per heavy atom. The molecule has 0 heterocycles. The van der Waals surface area contributed by atoms with Crippen LogP contribution < -0.4 is 5.32 Å². The lowest BCUT2D eigenvalue weighted by atomic mass is 9.96. The highest BCUT2D eigenvalue weighted by Gasteiger charge is 2.12. The Kier molecular flexibility index (Phi) is 5.66. The number of rotatable bonds is 6. The third-order valence-electron chi connectivity index (χ3n) is 2.59. The van der Waals surface area contributed by atoms with E-state index in [0.29, 0.717) is 5.41 Å². The zero-order valence-corrected chi connectivity index (χ0v) is 11.7. The van der Waals surface area contributed by atoms with Crippen LogP contribution in [0.1, 0.15) is 26.3 Å². The van der Waals surface area contributed by atoms with Gasteiger partial charge < -0.3 is 10.2 Å². The normalized spacial score (nSPS) is 12.1. The molecule has 2 nitrogen and oxygen atoms in total. The maximum Gasteiger partial charge on any atom is 0.0206 e. The van der Waals surface area contributed by atoms with Crippen molar-refractivity contribution in [2.45, 2.75) is 27.3 Å². The summed E-state index contributed by atoms with van der Waals surface area (Å²) in [5, 5.41) is 3.48. The van der Waals surface area contributed by atoms with Gasteiger partial charge in [0.25, 0.3) is 0 Å². The van der Waals surface area contributed by atoms with Crippen molar-refractivity contribution in [3.05, 3.63) is 35.9 Å². The monoisotopic (exact) mass is 234 g/mol. The van der Waals surface area contributed by atoms with E-state index in [0.717, 1.165) is 26.2 Å². The molecule has 17 heavy (non-hydrogen) atoms. The van der Waals surface area contributed by atoms with Gasteiger partial charge in [-0.1, -0.05) is 51.1 Å². The molecule has 96 valence electrons. The summed E-state index contributed by atoms with van der Waals surface area (Å²) in [4.78, 5) is 2.39. The van der Waals surface area contributed by atoms with Crippen molar-refractivity contribution >= 4 is 0 Å². The zero-order valence-electron chi connectivity index (χ0n) is 11.7. The van der Waals surface area contributed by atoms with Gasteiger partial charge in [0.05, 0.1) is 0 Å². The Morgan fingerprint density at radius 2 is 1.76 bits per heavy atom. The van der Waals surface area contributed by atoms with Crippen molar-refractivity contribution in [3.8, 4) is 0 Å². The molecule has 0 saturated heterocycles. The van der Waals surface area contributed by atoms with Crippen molar-refractivity contribution in [3.63, 3.8) is 0 Å². The molecule has 0 unspecified atom stereocenters. The van der Waals surface area contributed by atoms with Gasteiger partial charge in [0, 0.05) is 26.2 Å². The first-order valence-electron chi connectivity index (χ1n) is 6.40. The van der Waals surface area contributed by atoms with Crippen LogP contribution in [-0.4, -0.2) is 31.6 Å². The van der Waals surface area contributed by atoms with Gasteiger partial charge in [-0.05, 0) is 18.0 Å². The van der Waals surface area contributed by atoms with Crippen LogP contribution in [0.15, 0.2) is 30.3 Å². The topological polar surface area (TPSA) is 15.3 Å². The molecule has 0 saturated carbocycles. The second kappa shape index (κ2) is 6.77. The molecule has 0 atom stereocenters. The minimum absolute atomic E-state index is 0.383. The first-order valence-corrected chi connectivity index (χ1v) is 6.40. The van der Waals surface area contributed by atoms with E-state index in [4.69, 9.17) is 0 Å². The van der Waals surface area contributed by atoms with Crippen LogP contribution in [0.5, 0.6) is 0 Å². The zero-order chi connectivity index (χ0) is 12.7. The van der Waals surface area contributed by atoms with E-state index in [1.807, 2.05) is 0 Å². The summed E-state index contributed by atoms with van der Waals surface area (Å²) in [6, 6.07) is 10.5. The lowest BCUT2D eigenvalue weighted by Crippen LogP contribution is -2.34. The number of benzene rings is 1. The first kappa shape index (κ1) is 14.2. The molecular weight excluding hydrogens is 208 g/mol. The van der Waals surface area contributed by atoms with Crippen molar-refractivity contribution < 1.29 is 0 Å². The minimum Gasteiger partial charge on any atom is -0.311 e. The predicted molar refractivity (Wildman–Crippen MR) is 75.1 cm³/mol. The van der Waals surface area contributed by atoms with E-state index in [1.54, 1.807) is 0 Å². The number of likely N-dealkylation sites (N-methyl/N-ethyl adjacent to an activating group) is 1. The molecule has 0 amide bonds. The third kappa shape index (κ3) is 7.14. The molecule has 0 bridgehead atoms. The molecule has 1 aromatic carbocycles. The van der Waals surface area contributed by atoms with Gasteiger partial charge in [-0.3, -0.25) is 0 Å².